The normalized spacial score (nSPS) is 10.2. The third-order valence-corrected chi connectivity index (χ3v) is 2.11. The number of benzene rings is 2. The number of amides is 2. The van der Waals surface area contributed by atoms with E-state index in [9.17, 15) is 9.59 Å². The highest BCUT2D eigenvalue weighted by Crippen LogP contribution is 2.10. The largest absolute Gasteiger partial charge is 0.458 e. The van der Waals surface area contributed by atoms with Gasteiger partial charge in [0.05, 0.1) is 0 Å². The fourth-order valence-electron chi connectivity index (χ4n) is 1.30. The van der Waals surface area contributed by atoms with Gasteiger partial charge in [-0.1, -0.05) is 46.6 Å². The van der Waals surface area contributed by atoms with Crippen LogP contribution in [0, 0.1) is 0 Å². The maximum atomic E-state index is 11.3. The Labute approximate surface area is 114 Å². The number of carbonyl (C=O) groups is 2. The van der Waals surface area contributed by atoms with E-state index in [4.69, 9.17) is 9.47 Å². The average molecular weight is 270 g/mol. The minimum absolute atomic E-state index is 0.313. The first-order chi connectivity index (χ1) is 9.74. The van der Waals surface area contributed by atoms with Crippen molar-refractivity contribution in [1.29, 1.82) is 0 Å². The summed E-state index contributed by atoms with van der Waals surface area (Å²) in [7, 11) is 0. The molecule has 6 heteroatoms. The van der Waals surface area contributed by atoms with Crippen LogP contribution >= 0.6 is 0 Å². The highest BCUT2D eigenvalue weighted by atomic mass is 16.6. The first kappa shape index (κ1) is 13.4. The van der Waals surface area contributed by atoms with Gasteiger partial charge in [-0.3, -0.25) is 0 Å². The summed E-state index contributed by atoms with van der Waals surface area (Å²) >= 11 is 0. The van der Waals surface area contributed by atoms with Crippen molar-refractivity contribution in [3.05, 3.63) is 60.7 Å². The molecule has 0 saturated carbocycles. The molecule has 2 rings (SSSR count). The van der Waals surface area contributed by atoms with E-state index in [1.807, 2.05) is 0 Å². The van der Waals surface area contributed by atoms with Crippen LogP contribution < -0.4 is 9.47 Å². The third-order valence-electron chi connectivity index (χ3n) is 2.11. The van der Waals surface area contributed by atoms with Crippen molar-refractivity contribution in [3.8, 4) is 11.5 Å². The molecule has 0 aliphatic carbocycles. The molecule has 0 spiro atoms. The fourth-order valence-corrected chi connectivity index (χ4v) is 1.30. The summed E-state index contributed by atoms with van der Waals surface area (Å²) in [6, 6.07) is 16.7. The smallest absolute Gasteiger partial charge is 0.408 e. The zero-order valence-electron chi connectivity index (χ0n) is 10.3. The molecule has 20 heavy (non-hydrogen) atoms. The second kappa shape index (κ2) is 6.79. The van der Waals surface area contributed by atoms with Gasteiger partial charge in [0.25, 0.3) is 0 Å². The lowest BCUT2D eigenvalue weighted by atomic mass is 10.3. The summed E-state index contributed by atoms with van der Waals surface area (Å²) in [5.74, 6) is 0.626. The Hall–Kier alpha value is -3.02. The van der Waals surface area contributed by atoms with Gasteiger partial charge in [-0.05, 0) is 24.3 Å². The molecule has 6 nitrogen and oxygen atoms in total. The predicted octanol–water partition coefficient (Wildman–Crippen LogP) is 3.84. The van der Waals surface area contributed by atoms with Gasteiger partial charge < -0.3 is 9.47 Å². The van der Waals surface area contributed by atoms with Crippen molar-refractivity contribution in [2.45, 2.75) is 0 Å². The fraction of sp³-hybridized carbons (Fsp3) is 0. The van der Waals surface area contributed by atoms with Crippen molar-refractivity contribution in [1.82, 2.24) is 0 Å². The summed E-state index contributed by atoms with van der Waals surface area (Å²) in [6.07, 6.45) is -2.00. The van der Waals surface area contributed by atoms with Crippen LogP contribution in [-0.2, 0) is 0 Å². The van der Waals surface area contributed by atoms with Crippen molar-refractivity contribution in [3.63, 3.8) is 0 Å². The summed E-state index contributed by atoms with van der Waals surface area (Å²) < 4.78 is 9.62. The van der Waals surface area contributed by atoms with E-state index in [0.29, 0.717) is 11.5 Å². The first-order valence-electron chi connectivity index (χ1n) is 5.69. The van der Waals surface area contributed by atoms with Crippen molar-refractivity contribution in [2.75, 3.05) is 0 Å². The van der Waals surface area contributed by atoms with Crippen LogP contribution in [0.4, 0.5) is 9.59 Å². The molecular formula is C14H10N2O4. The molecule has 0 atom stereocenters. The van der Waals surface area contributed by atoms with Gasteiger partial charge in [0.15, 0.2) is 0 Å². The van der Waals surface area contributed by atoms with Gasteiger partial charge in [-0.25, -0.2) is 9.59 Å². The molecule has 100 valence electrons. The Morgan fingerprint density at radius 3 is 1.35 bits per heavy atom. The van der Waals surface area contributed by atoms with Crippen LogP contribution in [0.2, 0.25) is 0 Å². The van der Waals surface area contributed by atoms with Crippen LogP contribution in [0.25, 0.3) is 0 Å². The molecule has 0 radical (unpaired) electrons. The molecule has 0 fully saturated rings. The molecular weight excluding hydrogens is 260 g/mol. The van der Waals surface area contributed by atoms with E-state index in [1.54, 1.807) is 60.7 Å². The van der Waals surface area contributed by atoms with E-state index in [-0.39, 0.29) is 0 Å². The lowest BCUT2D eigenvalue weighted by Crippen LogP contribution is -2.05. The Morgan fingerprint density at radius 1 is 0.650 bits per heavy atom. The monoisotopic (exact) mass is 270 g/mol. The second-order valence-electron chi connectivity index (χ2n) is 3.56. The van der Waals surface area contributed by atoms with Gasteiger partial charge in [-0.15, -0.1) is 0 Å². The first-order valence-corrected chi connectivity index (χ1v) is 5.69. The number of hydrogen-bond acceptors (Lipinski definition) is 4. The Bertz CT molecular complexity index is 556. The molecule has 0 aliphatic rings. The second-order valence-corrected chi connectivity index (χ2v) is 3.56. The number of ether oxygens (including phenoxy) is 2. The molecule has 0 aromatic heterocycles. The predicted molar refractivity (Wildman–Crippen MR) is 69.8 cm³/mol. The van der Waals surface area contributed by atoms with Gasteiger partial charge in [0, 0.05) is 0 Å². The van der Waals surface area contributed by atoms with E-state index in [0.717, 1.165) is 0 Å². The molecule has 2 aromatic rings. The van der Waals surface area contributed by atoms with E-state index < -0.39 is 12.2 Å². The van der Waals surface area contributed by atoms with Crippen LogP contribution in [0.3, 0.4) is 0 Å². The van der Waals surface area contributed by atoms with E-state index in [2.05, 4.69) is 10.2 Å². The van der Waals surface area contributed by atoms with Crippen LogP contribution in [-0.4, -0.2) is 12.2 Å². The van der Waals surface area contributed by atoms with Crippen molar-refractivity contribution in [2.24, 2.45) is 10.2 Å². The number of rotatable bonds is 2. The minimum atomic E-state index is -0.999. The maximum Gasteiger partial charge on any atom is 0.458 e. The molecule has 0 aliphatic heterocycles. The third kappa shape index (κ3) is 4.34. The summed E-state index contributed by atoms with van der Waals surface area (Å²) in [5, 5.41) is 6.21. The lowest BCUT2D eigenvalue weighted by molar-refractivity contribution is 0.200. The quantitative estimate of drug-likeness (QED) is 0.777. The number of carbonyl (C=O) groups excluding carboxylic acids is 2. The molecule has 0 bridgehead atoms. The maximum absolute atomic E-state index is 11.3. The molecule has 0 unspecified atom stereocenters. The Balaban J connectivity index is 1.86. The van der Waals surface area contributed by atoms with Gasteiger partial charge in [0.1, 0.15) is 11.5 Å². The van der Waals surface area contributed by atoms with Crippen LogP contribution in [0.15, 0.2) is 70.9 Å². The summed E-state index contributed by atoms with van der Waals surface area (Å²) in [6.45, 7) is 0. The van der Waals surface area contributed by atoms with Crippen molar-refractivity contribution < 1.29 is 19.1 Å². The zero-order valence-corrected chi connectivity index (χ0v) is 10.3. The van der Waals surface area contributed by atoms with Gasteiger partial charge in [-0.2, -0.15) is 0 Å². The standard InChI is InChI=1S/C14H10N2O4/c17-13(19-11-7-3-1-4-8-11)15-16-14(18)20-12-9-5-2-6-10-12/h1-10H/b16-15+. The number of hydrogen-bond donors (Lipinski definition) is 0. The zero-order chi connectivity index (χ0) is 14.2. The number of para-hydroxylation sites is 2. The van der Waals surface area contributed by atoms with Gasteiger partial charge >= 0.3 is 12.2 Å². The highest BCUT2D eigenvalue weighted by Gasteiger charge is 2.06. The highest BCUT2D eigenvalue weighted by molar-refractivity contribution is 5.75. The van der Waals surface area contributed by atoms with Crippen LogP contribution in [0.5, 0.6) is 11.5 Å². The SMILES string of the molecule is O=C(/N=N/C(=O)Oc1ccccc1)Oc1ccccc1. The Morgan fingerprint density at radius 2 is 1.00 bits per heavy atom. The Kier molecular flexibility index (Phi) is 4.55. The van der Waals surface area contributed by atoms with Crippen LogP contribution in [0.1, 0.15) is 0 Å². The van der Waals surface area contributed by atoms with E-state index >= 15 is 0 Å². The number of nitrogens with zero attached hydrogens (tertiary/aromatic N) is 2. The topological polar surface area (TPSA) is 77.3 Å². The molecule has 0 saturated heterocycles. The summed E-state index contributed by atoms with van der Waals surface area (Å²) in [4.78, 5) is 22.6. The molecule has 0 N–H and O–H groups in total. The van der Waals surface area contributed by atoms with Crippen molar-refractivity contribution >= 4 is 12.2 Å². The number of azo groups is 1. The van der Waals surface area contributed by atoms with E-state index in [1.165, 1.54) is 0 Å². The molecule has 0 heterocycles. The van der Waals surface area contributed by atoms with Gasteiger partial charge in [0.2, 0.25) is 0 Å². The molecule has 2 aromatic carbocycles. The summed E-state index contributed by atoms with van der Waals surface area (Å²) in [5.41, 5.74) is 0. The minimum Gasteiger partial charge on any atom is -0.408 e. The lowest BCUT2D eigenvalue weighted by Gasteiger charge is -1.99. The molecule has 2 amide bonds. The average Bonchev–Trinajstić information content (AvgIpc) is 2.47.